The maximum atomic E-state index is 4.82. The zero-order valence-corrected chi connectivity index (χ0v) is 24.8. The van der Waals surface area contributed by atoms with Crippen LogP contribution in [0.1, 0.15) is 7.43 Å². The molecule has 8 heteroatoms. The zero-order chi connectivity index (χ0) is 15.4. The van der Waals surface area contributed by atoms with Gasteiger partial charge in [-0.3, -0.25) is 0 Å². The zero-order valence-electron chi connectivity index (χ0n) is 15.8. The summed E-state index contributed by atoms with van der Waals surface area (Å²) in [5, 5.41) is 0. The summed E-state index contributed by atoms with van der Waals surface area (Å²) in [6.07, 6.45) is 0. The molecule has 0 aromatic rings. The summed E-state index contributed by atoms with van der Waals surface area (Å²) in [4.78, 5) is 0. The molecule has 0 atom stereocenters. The number of rotatable bonds is 4. The van der Waals surface area contributed by atoms with E-state index in [0.29, 0.717) is 0 Å². The molecule has 132 valence electrons. The molecule has 0 rings (SSSR count). The molecule has 0 amide bonds. The molecule has 0 fully saturated rings. The van der Waals surface area contributed by atoms with Gasteiger partial charge in [-0.05, 0) is 0 Å². The second-order valence-electron chi connectivity index (χ2n) is 8.91. The molecule has 21 heavy (non-hydrogen) atoms. The standard InChI is InChI=1S/2C6H18NSi2.CH4.HI.Sn/c2*1-8(2,3)7-9(4,5)6;;;/h2*1-6H3;1H4;1H;/q2*-1;;;/p-1. The van der Waals surface area contributed by atoms with Crippen molar-refractivity contribution in [2.75, 3.05) is 0 Å². The van der Waals surface area contributed by atoms with Gasteiger partial charge in [-0.2, -0.15) is 0 Å². The summed E-state index contributed by atoms with van der Waals surface area (Å²) >= 11 is 0. The van der Waals surface area contributed by atoms with Gasteiger partial charge in [0.2, 0.25) is 0 Å². The van der Waals surface area contributed by atoms with Gasteiger partial charge >= 0.3 is 0 Å². The summed E-state index contributed by atoms with van der Waals surface area (Å²) in [5.74, 6) is 0. The molecule has 0 N–H and O–H groups in total. The van der Waals surface area contributed by atoms with E-state index < -0.39 is 32.9 Å². The quantitative estimate of drug-likeness (QED) is 0.360. The predicted molar refractivity (Wildman–Crippen MR) is 113 cm³/mol. The van der Waals surface area contributed by atoms with E-state index in [1.165, 1.54) is 0 Å². The monoisotopic (exact) mass is 583 g/mol. The van der Waals surface area contributed by atoms with Gasteiger partial charge in [0.15, 0.2) is 0 Å². The van der Waals surface area contributed by atoms with Gasteiger partial charge < -0.3 is 33.3 Å². The van der Waals surface area contributed by atoms with E-state index in [9.17, 15) is 0 Å². The van der Waals surface area contributed by atoms with Crippen molar-refractivity contribution in [2.24, 2.45) is 0 Å². The molecule has 4 radical (unpaired) electrons. The molecule has 0 bridgehead atoms. The largest absolute Gasteiger partial charge is 1.00 e. The summed E-state index contributed by atoms with van der Waals surface area (Å²) in [6, 6.07) is 0. The Balaban J connectivity index is -0.0000000711. The van der Waals surface area contributed by atoms with Crippen molar-refractivity contribution in [1.82, 2.24) is 0 Å². The Bertz CT molecular complexity index is 191. The summed E-state index contributed by atoms with van der Waals surface area (Å²) in [5.41, 5.74) is 0. The van der Waals surface area contributed by atoms with Crippen molar-refractivity contribution in [3.05, 3.63) is 9.30 Å². The van der Waals surface area contributed by atoms with Crippen LogP contribution in [0.2, 0.25) is 78.6 Å². The van der Waals surface area contributed by atoms with Crippen LogP contribution in [0.4, 0.5) is 0 Å². The molecule has 0 aliphatic heterocycles. The second kappa shape index (κ2) is 12.6. The van der Waals surface area contributed by atoms with Crippen molar-refractivity contribution in [3.8, 4) is 0 Å². The molecule has 0 saturated carbocycles. The third-order valence-electron chi connectivity index (χ3n) is 1.34. The van der Waals surface area contributed by atoms with E-state index in [2.05, 4.69) is 78.6 Å². The Labute approximate surface area is 174 Å². The van der Waals surface area contributed by atoms with E-state index in [0.717, 1.165) is 0 Å². The fraction of sp³-hybridized carbons (Fsp3) is 1.00. The molecule has 0 spiro atoms. The molecule has 2 nitrogen and oxygen atoms in total. The Morgan fingerprint density at radius 3 is 0.524 bits per heavy atom. The van der Waals surface area contributed by atoms with Crippen LogP contribution in [0.25, 0.3) is 9.30 Å². The number of hydrogen-bond acceptors (Lipinski definition) is 0. The van der Waals surface area contributed by atoms with Crippen molar-refractivity contribution in [3.63, 3.8) is 0 Å². The van der Waals surface area contributed by atoms with Crippen molar-refractivity contribution < 1.29 is 24.0 Å². The fourth-order valence-electron chi connectivity index (χ4n) is 2.01. The Kier molecular flexibility index (Phi) is 20.8. The third-order valence-corrected chi connectivity index (χ3v) is 12.1. The van der Waals surface area contributed by atoms with Crippen LogP contribution in [0, 0.1) is 0 Å². The smallest absolute Gasteiger partial charge is 0 e. The number of halogens is 1. The molecule has 0 unspecified atom stereocenters. The Morgan fingerprint density at radius 2 is 0.524 bits per heavy atom. The number of hydrogen-bond donors (Lipinski definition) is 0. The second-order valence-corrected chi connectivity index (χ2v) is 28.1. The molecule has 0 aromatic carbocycles. The van der Waals surface area contributed by atoms with E-state index in [-0.39, 0.29) is 55.3 Å². The first-order valence-electron chi connectivity index (χ1n) is 6.89. The van der Waals surface area contributed by atoms with E-state index in [4.69, 9.17) is 9.30 Å². The SMILES string of the molecule is C.C[Si](C)(C)[N-][Si](C)(C)C.C[Si](C)(C)[N-][Si](C)(C)C.[I-].[Sn]. The van der Waals surface area contributed by atoms with Crippen LogP contribution in [-0.2, 0) is 0 Å². The molecular weight excluding hydrogens is 542 g/mol. The van der Waals surface area contributed by atoms with E-state index in [1.807, 2.05) is 0 Å². The normalized spacial score (nSPS) is 12.0. The molecular formula is C13H40IN2Si4Sn-3. The average Bonchev–Trinajstić information content (AvgIpc) is 1.64. The van der Waals surface area contributed by atoms with Gasteiger partial charge in [0.25, 0.3) is 0 Å². The Morgan fingerprint density at radius 1 is 0.429 bits per heavy atom. The maximum absolute atomic E-state index is 4.82. The topological polar surface area (TPSA) is 28.2 Å². The molecule has 0 aromatic heterocycles. The van der Waals surface area contributed by atoms with Crippen LogP contribution in [-0.4, -0.2) is 56.8 Å². The van der Waals surface area contributed by atoms with Crippen molar-refractivity contribution >= 4 is 56.8 Å². The molecule has 0 heterocycles. The van der Waals surface area contributed by atoms with Crippen molar-refractivity contribution in [2.45, 2.75) is 86.0 Å². The van der Waals surface area contributed by atoms with Gasteiger partial charge in [-0.15, -0.1) is 0 Å². The minimum Gasteiger partial charge on any atom is -1.00 e. The summed E-state index contributed by atoms with van der Waals surface area (Å²) in [6.45, 7) is 27.6. The number of nitrogens with zero attached hydrogens (tertiary/aromatic N) is 2. The molecule has 0 saturated heterocycles. The van der Waals surface area contributed by atoms with Gasteiger partial charge in [0, 0.05) is 23.9 Å². The van der Waals surface area contributed by atoms with Crippen LogP contribution in [0.5, 0.6) is 0 Å². The fourth-order valence-corrected chi connectivity index (χ4v) is 18.1. The Hall–Kier alpha value is 2.32. The van der Waals surface area contributed by atoms with Crippen molar-refractivity contribution in [1.29, 1.82) is 0 Å². The first-order valence-corrected chi connectivity index (χ1v) is 20.7. The molecule has 0 aliphatic carbocycles. The van der Waals surface area contributed by atoms with Crippen LogP contribution >= 0.6 is 0 Å². The maximum Gasteiger partial charge on any atom is 0 e. The van der Waals surface area contributed by atoms with Gasteiger partial charge in [-0.1, -0.05) is 119 Å². The minimum atomic E-state index is -1.11. The summed E-state index contributed by atoms with van der Waals surface area (Å²) < 4.78 is 9.64. The first-order chi connectivity index (χ1) is 7.41. The third kappa shape index (κ3) is 44.9. The van der Waals surface area contributed by atoms with Gasteiger partial charge in [0.05, 0.1) is 0 Å². The first kappa shape index (κ1) is 34.6. The van der Waals surface area contributed by atoms with E-state index >= 15 is 0 Å². The minimum absolute atomic E-state index is 0. The van der Waals surface area contributed by atoms with Gasteiger partial charge in [-0.25, -0.2) is 0 Å². The predicted octanol–water partition coefficient (Wildman–Crippen LogP) is 3.32. The van der Waals surface area contributed by atoms with Gasteiger partial charge in [0.1, 0.15) is 0 Å². The molecule has 0 aliphatic rings. The van der Waals surface area contributed by atoms with E-state index in [1.54, 1.807) is 0 Å². The van der Waals surface area contributed by atoms with Crippen LogP contribution in [0.15, 0.2) is 0 Å². The average molecular weight is 582 g/mol. The van der Waals surface area contributed by atoms with Crippen LogP contribution in [0.3, 0.4) is 0 Å². The van der Waals surface area contributed by atoms with Crippen LogP contribution < -0.4 is 24.0 Å². The summed E-state index contributed by atoms with van der Waals surface area (Å²) in [7, 11) is -4.42.